The van der Waals surface area contributed by atoms with Gasteiger partial charge in [-0.15, -0.1) is 0 Å². The largest absolute Gasteiger partial charge is 0.431 e. The van der Waals surface area contributed by atoms with Crippen molar-refractivity contribution in [2.24, 2.45) is 4.99 Å². The first-order valence-electron chi connectivity index (χ1n) is 12.2. The van der Waals surface area contributed by atoms with E-state index in [2.05, 4.69) is 54.0 Å². The number of carbonyl (C=O) groups is 1. The summed E-state index contributed by atoms with van der Waals surface area (Å²) in [6.07, 6.45) is 7.71. The molecule has 2 aliphatic heterocycles. The number of hydrogen-bond donors (Lipinski definition) is 2. The fraction of sp³-hybridized carbons (Fsp3) is 0.444. The highest BCUT2D eigenvalue weighted by molar-refractivity contribution is 6.14. The highest BCUT2D eigenvalue weighted by atomic mass is 16.5. The van der Waals surface area contributed by atoms with Crippen LogP contribution in [0.2, 0.25) is 0 Å². The van der Waals surface area contributed by atoms with Gasteiger partial charge in [-0.2, -0.15) is 0 Å². The number of carbonyl (C=O) groups excluding carboxylic acids is 1. The van der Waals surface area contributed by atoms with Gasteiger partial charge < -0.3 is 19.8 Å². The molecule has 180 valence electrons. The van der Waals surface area contributed by atoms with Gasteiger partial charge in [-0.05, 0) is 62.0 Å². The van der Waals surface area contributed by atoms with Gasteiger partial charge in [0.2, 0.25) is 11.7 Å². The molecule has 0 radical (unpaired) electrons. The lowest BCUT2D eigenvalue weighted by Crippen LogP contribution is -2.37. The molecule has 2 aliphatic rings. The normalized spacial score (nSPS) is 18.5. The van der Waals surface area contributed by atoms with Crippen molar-refractivity contribution >= 4 is 17.2 Å². The number of amides is 1. The third kappa shape index (κ3) is 5.47. The Hall–Kier alpha value is -3.19. The Balaban J connectivity index is 1.42. The number of allylic oxidation sites excluding steroid dienone is 1. The Morgan fingerprint density at radius 2 is 2.03 bits per heavy atom. The molecular formula is C27H34N4O3. The van der Waals surface area contributed by atoms with E-state index in [1.54, 1.807) is 0 Å². The summed E-state index contributed by atoms with van der Waals surface area (Å²) in [5.41, 5.74) is 4.63. The van der Waals surface area contributed by atoms with Gasteiger partial charge in [0, 0.05) is 24.3 Å². The maximum atomic E-state index is 12.5. The number of aliphatic imine (C=N–C) groups is 1. The van der Waals surface area contributed by atoms with Crippen molar-refractivity contribution < 1.29 is 13.9 Å². The monoisotopic (exact) mass is 462 g/mol. The summed E-state index contributed by atoms with van der Waals surface area (Å²) in [6.45, 7) is 11.8. The van der Waals surface area contributed by atoms with Gasteiger partial charge in [-0.3, -0.25) is 9.79 Å². The Labute approximate surface area is 201 Å². The summed E-state index contributed by atoms with van der Waals surface area (Å²) < 4.78 is 11.6. The summed E-state index contributed by atoms with van der Waals surface area (Å²) in [6, 6.07) is 8.28. The van der Waals surface area contributed by atoms with Gasteiger partial charge in [0.15, 0.2) is 0 Å². The predicted octanol–water partition coefficient (Wildman–Crippen LogP) is 4.77. The minimum Gasteiger partial charge on any atom is -0.431 e. The van der Waals surface area contributed by atoms with E-state index in [-0.39, 0.29) is 29.9 Å². The number of oxazole rings is 1. The van der Waals surface area contributed by atoms with Crippen molar-refractivity contribution in [3.05, 3.63) is 60.1 Å². The van der Waals surface area contributed by atoms with Crippen LogP contribution in [0.25, 0.3) is 17.0 Å². The van der Waals surface area contributed by atoms with E-state index in [9.17, 15) is 4.79 Å². The van der Waals surface area contributed by atoms with Crippen molar-refractivity contribution in [1.82, 2.24) is 15.6 Å². The maximum absolute atomic E-state index is 12.5. The molecule has 1 amide bonds. The van der Waals surface area contributed by atoms with Crippen molar-refractivity contribution in [2.75, 3.05) is 13.2 Å². The van der Waals surface area contributed by atoms with Crippen molar-refractivity contribution in [3.8, 4) is 11.5 Å². The van der Waals surface area contributed by atoms with Gasteiger partial charge in [-0.1, -0.05) is 32.6 Å². The SMILES string of the molecule is C=C(N[C@@H](C)[C@@H]1CCCO1)C1=NCC(c2cccc(-c3ncc(C(=O)NC(CC)CC)o3)c2)=C1. The van der Waals surface area contributed by atoms with Crippen LogP contribution >= 0.6 is 0 Å². The number of nitrogens with one attached hydrogen (secondary N) is 2. The zero-order valence-electron chi connectivity index (χ0n) is 20.3. The molecule has 0 bridgehead atoms. The molecule has 0 unspecified atom stereocenters. The Kier molecular flexibility index (Phi) is 7.63. The van der Waals surface area contributed by atoms with E-state index in [0.29, 0.717) is 12.4 Å². The van der Waals surface area contributed by atoms with E-state index >= 15 is 0 Å². The number of rotatable bonds is 10. The predicted molar refractivity (Wildman–Crippen MR) is 135 cm³/mol. The summed E-state index contributed by atoms with van der Waals surface area (Å²) in [7, 11) is 0. The lowest BCUT2D eigenvalue weighted by molar-refractivity contribution is 0.0872. The second-order valence-corrected chi connectivity index (χ2v) is 8.93. The third-order valence-electron chi connectivity index (χ3n) is 6.49. The van der Waals surface area contributed by atoms with Gasteiger partial charge in [0.25, 0.3) is 5.91 Å². The van der Waals surface area contributed by atoms with Crippen molar-refractivity contribution in [1.29, 1.82) is 0 Å². The van der Waals surface area contributed by atoms with Gasteiger partial charge >= 0.3 is 0 Å². The van der Waals surface area contributed by atoms with E-state index in [1.165, 1.54) is 6.20 Å². The smallest absolute Gasteiger partial charge is 0.288 e. The average molecular weight is 463 g/mol. The molecule has 3 heterocycles. The second-order valence-electron chi connectivity index (χ2n) is 8.93. The first-order chi connectivity index (χ1) is 16.5. The molecule has 1 fully saturated rings. The quantitative estimate of drug-likeness (QED) is 0.531. The van der Waals surface area contributed by atoms with Crippen LogP contribution in [-0.4, -0.2) is 47.9 Å². The number of ether oxygens (including phenoxy) is 1. The molecule has 4 rings (SSSR count). The van der Waals surface area contributed by atoms with Crippen LogP contribution in [0.15, 0.2) is 58.2 Å². The minimum atomic E-state index is -0.233. The van der Waals surface area contributed by atoms with Crippen LogP contribution in [0.4, 0.5) is 0 Å². The van der Waals surface area contributed by atoms with Crippen molar-refractivity contribution in [3.63, 3.8) is 0 Å². The van der Waals surface area contributed by atoms with E-state index in [1.807, 2.05) is 24.3 Å². The standard InChI is InChI=1S/C27H34N4O3/c1-5-22(6-2)31-26(32)25-16-29-27(34-25)20-10-7-9-19(13-20)21-14-23(28-15-21)17(3)30-18(4)24-11-8-12-33-24/h7,9-10,13-14,16,18,22,24,30H,3,5-6,8,11-12,15H2,1-2,4H3,(H,31,32)/t18-,24-/m0/s1. The molecule has 1 aromatic carbocycles. The highest BCUT2D eigenvalue weighted by Crippen LogP contribution is 2.27. The molecule has 0 saturated carbocycles. The minimum absolute atomic E-state index is 0.130. The summed E-state index contributed by atoms with van der Waals surface area (Å²) in [4.78, 5) is 21.5. The zero-order chi connectivity index (χ0) is 24.1. The van der Waals surface area contributed by atoms with E-state index < -0.39 is 0 Å². The highest BCUT2D eigenvalue weighted by Gasteiger charge is 2.24. The molecule has 7 nitrogen and oxygen atoms in total. The Morgan fingerprint density at radius 1 is 1.24 bits per heavy atom. The number of hydrogen-bond acceptors (Lipinski definition) is 6. The second kappa shape index (κ2) is 10.8. The average Bonchev–Trinajstić information content (AvgIpc) is 3.64. The zero-order valence-corrected chi connectivity index (χ0v) is 20.3. The van der Waals surface area contributed by atoms with Crippen LogP contribution in [0.1, 0.15) is 62.6 Å². The Bertz CT molecular complexity index is 1090. The van der Waals surface area contributed by atoms with E-state index in [0.717, 1.165) is 60.4 Å². The van der Waals surface area contributed by atoms with Crippen LogP contribution in [0, 0.1) is 0 Å². The molecule has 2 aromatic rings. The van der Waals surface area contributed by atoms with E-state index in [4.69, 9.17) is 9.15 Å². The van der Waals surface area contributed by atoms with Gasteiger partial charge in [-0.25, -0.2) is 4.98 Å². The van der Waals surface area contributed by atoms with Crippen LogP contribution in [0.5, 0.6) is 0 Å². The number of benzene rings is 1. The maximum Gasteiger partial charge on any atom is 0.288 e. The van der Waals surface area contributed by atoms with Crippen LogP contribution < -0.4 is 10.6 Å². The first-order valence-corrected chi connectivity index (χ1v) is 12.2. The molecule has 7 heteroatoms. The molecule has 1 aromatic heterocycles. The fourth-order valence-corrected chi connectivity index (χ4v) is 4.34. The summed E-state index contributed by atoms with van der Waals surface area (Å²) >= 11 is 0. The molecule has 0 aliphatic carbocycles. The third-order valence-corrected chi connectivity index (χ3v) is 6.49. The Morgan fingerprint density at radius 3 is 2.76 bits per heavy atom. The molecular weight excluding hydrogens is 428 g/mol. The van der Waals surface area contributed by atoms with Gasteiger partial charge in [0.1, 0.15) is 0 Å². The number of aromatic nitrogens is 1. The lowest BCUT2D eigenvalue weighted by atomic mass is 10.0. The molecule has 2 atom stereocenters. The van der Waals surface area contributed by atoms with Crippen LogP contribution in [0.3, 0.4) is 0 Å². The van der Waals surface area contributed by atoms with Crippen molar-refractivity contribution in [2.45, 2.75) is 64.6 Å². The molecule has 2 N–H and O–H groups in total. The first kappa shape index (κ1) is 24.0. The van der Waals surface area contributed by atoms with Crippen LogP contribution in [-0.2, 0) is 4.74 Å². The van der Waals surface area contributed by atoms with Gasteiger partial charge in [0.05, 0.1) is 30.3 Å². The molecule has 34 heavy (non-hydrogen) atoms. The topological polar surface area (TPSA) is 88.8 Å². The number of nitrogens with zero attached hydrogens (tertiary/aromatic N) is 2. The lowest BCUT2D eigenvalue weighted by Gasteiger charge is -2.22. The molecule has 0 spiro atoms. The summed E-state index contributed by atoms with van der Waals surface area (Å²) in [5, 5.41) is 6.43. The molecule has 1 saturated heterocycles. The fourth-order valence-electron chi connectivity index (χ4n) is 4.34. The summed E-state index contributed by atoms with van der Waals surface area (Å²) in [5.74, 6) is 0.414.